The van der Waals surface area contributed by atoms with Gasteiger partial charge in [-0.05, 0) is 12.2 Å². The zero-order valence-corrected chi connectivity index (χ0v) is 22.3. The van der Waals surface area contributed by atoms with Crippen molar-refractivity contribution >= 4 is 23.9 Å². The molecule has 40 heavy (non-hydrogen) atoms. The summed E-state index contributed by atoms with van der Waals surface area (Å²) >= 11 is 0. The quantitative estimate of drug-likeness (QED) is 0.293. The average molecular weight is 561 g/mol. The van der Waals surface area contributed by atoms with E-state index in [1.807, 2.05) is 0 Å². The number of urea groups is 2. The minimum Gasteiger partial charge on any atom is -0.377 e. The van der Waals surface area contributed by atoms with Crippen LogP contribution in [0.2, 0.25) is 0 Å². The number of nitrogens with zero attached hydrogens (tertiary/aromatic N) is 2. The van der Waals surface area contributed by atoms with Crippen molar-refractivity contribution in [2.45, 2.75) is 12.1 Å². The molecule has 0 aliphatic carbocycles. The van der Waals surface area contributed by atoms with Crippen molar-refractivity contribution in [3.05, 3.63) is 47.9 Å². The van der Waals surface area contributed by atoms with E-state index in [2.05, 4.69) is 21.3 Å². The van der Waals surface area contributed by atoms with Crippen LogP contribution in [-0.2, 0) is 28.5 Å². The summed E-state index contributed by atoms with van der Waals surface area (Å²) in [5, 5.41) is 11.2. The molecule has 0 saturated carbocycles. The summed E-state index contributed by atoms with van der Waals surface area (Å²) in [4.78, 5) is 56.2. The van der Waals surface area contributed by atoms with Gasteiger partial charge in [0.15, 0.2) is 0 Å². The van der Waals surface area contributed by atoms with Gasteiger partial charge in [-0.25, -0.2) is 9.59 Å². The molecule has 0 aromatic carbocycles. The zero-order valence-electron chi connectivity index (χ0n) is 22.3. The Labute approximate surface area is 232 Å². The molecule has 14 nitrogen and oxygen atoms in total. The van der Waals surface area contributed by atoms with E-state index < -0.39 is 36.0 Å². The first-order chi connectivity index (χ1) is 19.6. The summed E-state index contributed by atoms with van der Waals surface area (Å²) in [7, 11) is 0. The van der Waals surface area contributed by atoms with Crippen LogP contribution in [0.5, 0.6) is 0 Å². The largest absolute Gasteiger partial charge is 0.377 e. The summed E-state index contributed by atoms with van der Waals surface area (Å²) in [5.74, 6) is -0.865. The van der Waals surface area contributed by atoms with Crippen LogP contribution in [0, 0.1) is 0 Å². The van der Waals surface area contributed by atoms with E-state index in [1.54, 1.807) is 36.5 Å². The fourth-order valence-corrected chi connectivity index (χ4v) is 4.41. The molecule has 4 N–H and O–H groups in total. The number of hydrogen-bond acceptors (Lipinski definition) is 8. The van der Waals surface area contributed by atoms with Gasteiger partial charge in [-0.15, -0.1) is 0 Å². The summed E-state index contributed by atoms with van der Waals surface area (Å²) in [5.41, 5.74) is 0.532. The smallest absolute Gasteiger partial charge is 0.323 e. The first kappa shape index (κ1) is 29.3. The summed E-state index contributed by atoms with van der Waals surface area (Å²) < 4.78 is 22.0. The lowest BCUT2D eigenvalue weighted by Crippen LogP contribution is -2.57. The SMILES string of the molecule is O=C1NCCOCCOCCNC(=O)C2C=CC=C3C4=CC=CC1N4C(=O)NCCOCCOCCNC(=O)N32. The predicted molar refractivity (Wildman–Crippen MR) is 142 cm³/mol. The number of carbonyl (C=O) groups excluding carboxylic acids is 4. The van der Waals surface area contributed by atoms with Gasteiger partial charge in [-0.1, -0.05) is 24.3 Å². The molecule has 6 bridgehead atoms. The second-order valence-electron chi connectivity index (χ2n) is 9.00. The molecule has 2 fully saturated rings. The highest BCUT2D eigenvalue weighted by atomic mass is 16.5. The molecule has 6 amide bonds. The van der Waals surface area contributed by atoms with Gasteiger partial charge >= 0.3 is 12.1 Å². The molecular weight excluding hydrogens is 524 g/mol. The number of amides is 6. The number of rotatable bonds is 0. The fourth-order valence-electron chi connectivity index (χ4n) is 4.41. The first-order valence-electron chi connectivity index (χ1n) is 13.4. The minimum atomic E-state index is -1.03. The van der Waals surface area contributed by atoms with Crippen LogP contribution in [0.3, 0.4) is 0 Å². The van der Waals surface area contributed by atoms with Crippen LogP contribution in [0.1, 0.15) is 0 Å². The number of carbonyl (C=O) groups is 4. The van der Waals surface area contributed by atoms with E-state index in [-0.39, 0.29) is 64.0 Å². The third-order valence-electron chi connectivity index (χ3n) is 6.29. The molecule has 0 radical (unpaired) electrons. The van der Waals surface area contributed by atoms with E-state index in [0.29, 0.717) is 26.4 Å². The molecule has 4 rings (SSSR count). The molecule has 0 aromatic heterocycles. The Balaban J connectivity index is 1.72. The van der Waals surface area contributed by atoms with Crippen LogP contribution < -0.4 is 21.3 Å². The van der Waals surface area contributed by atoms with Crippen LogP contribution >= 0.6 is 0 Å². The van der Waals surface area contributed by atoms with E-state index in [9.17, 15) is 19.2 Å². The van der Waals surface area contributed by atoms with E-state index >= 15 is 0 Å². The highest BCUT2D eigenvalue weighted by molar-refractivity contribution is 5.93. The Morgan fingerprint density at radius 2 is 0.875 bits per heavy atom. The maximum Gasteiger partial charge on any atom is 0.323 e. The van der Waals surface area contributed by atoms with Gasteiger partial charge in [-0.3, -0.25) is 19.4 Å². The first-order valence-corrected chi connectivity index (χ1v) is 13.4. The van der Waals surface area contributed by atoms with Gasteiger partial charge in [0.1, 0.15) is 12.1 Å². The normalized spacial score (nSPS) is 26.4. The van der Waals surface area contributed by atoms with Gasteiger partial charge in [0.25, 0.3) is 0 Å². The highest BCUT2D eigenvalue weighted by Crippen LogP contribution is 2.30. The molecule has 0 spiro atoms. The van der Waals surface area contributed by atoms with Crippen LogP contribution in [-0.4, -0.2) is 125 Å². The molecule has 0 aromatic rings. The third kappa shape index (κ3) is 7.69. The van der Waals surface area contributed by atoms with E-state index in [1.165, 1.54) is 9.80 Å². The molecule has 4 aliphatic heterocycles. The molecule has 2 unspecified atom stereocenters. The molecule has 14 heteroatoms. The second-order valence-corrected chi connectivity index (χ2v) is 9.00. The molecule has 2 saturated heterocycles. The number of allylic oxidation sites excluding steroid dienone is 4. The van der Waals surface area contributed by atoms with E-state index in [4.69, 9.17) is 18.9 Å². The molecule has 218 valence electrons. The number of hydrogen-bond donors (Lipinski definition) is 4. The Kier molecular flexibility index (Phi) is 11.1. The summed E-state index contributed by atoms with van der Waals surface area (Å²) in [6.07, 6.45) is 9.73. The van der Waals surface area contributed by atoms with Crippen molar-refractivity contribution in [1.29, 1.82) is 0 Å². The lowest BCUT2D eigenvalue weighted by molar-refractivity contribution is -0.125. The van der Waals surface area contributed by atoms with Crippen molar-refractivity contribution in [2.24, 2.45) is 0 Å². The Hall–Kier alpha value is -3.72. The Morgan fingerprint density at radius 3 is 1.25 bits per heavy atom. The van der Waals surface area contributed by atoms with Gasteiger partial charge in [0.05, 0.1) is 64.2 Å². The monoisotopic (exact) mass is 560 g/mol. The van der Waals surface area contributed by atoms with Gasteiger partial charge < -0.3 is 40.2 Å². The van der Waals surface area contributed by atoms with E-state index in [0.717, 1.165) is 0 Å². The maximum atomic E-state index is 13.6. The van der Waals surface area contributed by atoms with Gasteiger partial charge in [0.2, 0.25) is 11.8 Å². The standard InChI is InChI=1S/C26H36N6O8/c33-23-21-5-1-3-19-20-4-2-6-22(24(34)28-8-12-38-16-15-37-11-7-27-23)32(20)26(36)30-10-14-40-18-17-39-13-9-29-25(35)31(19)21/h1-6,21-22H,7-18H2,(H,27,33)(H,28,34)(H,29,35)(H,30,36). The zero-order chi connectivity index (χ0) is 28.2. The topological polar surface area (TPSA) is 160 Å². The van der Waals surface area contributed by atoms with Crippen LogP contribution in [0.4, 0.5) is 9.59 Å². The Morgan fingerprint density at radius 1 is 0.525 bits per heavy atom. The minimum absolute atomic E-state index is 0.185. The highest BCUT2D eigenvalue weighted by Gasteiger charge is 2.40. The lowest BCUT2D eigenvalue weighted by atomic mass is 10.0. The average Bonchev–Trinajstić information content (AvgIpc) is 2.96. The molecule has 4 heterocycles. The van der Waals surface area contributed by atoms with Gasteiger partial charge in [0, 0.05) is 26.2 Å². The van der Waals surface area contributed by atoms with Crippen molar-refractivity contribution in [3.8, 4) is 0 Å². The lowest BCUT2D eigenvalue weighted by Gasteiger charge is -2.39. The summed E-state index contributed by atoms with van der Waals surface area (Å²) in [6, 6.07) is -3.19. The van der Waals surface area contributed by atoms with Gasteiger partial charge in [-0.2, -0.15) is 0 Å². The fraction of sp³-hybridized carbons (Fsp3) is 0.538. The number of ether oxygens (including phenoxy) is 4. The van der Waals surface area contributed by atoms with Crippen molar-refractivity contribution in [1.82, 2.24) is 31.1 Å². The van der Waals surface area contributed by atoms with Crippen LogP contribution in [0.25, 0.3) is 0 Å². The predicted octanol–water partition coefficient (Wildman–Crippen LogP) is -1.02. The molecule has 4 aliphatic rings. The van der Waals surface area contributed by atoms with Crippen molar-refractivity contribution < 1.29 is 38.1 Å². The number of nitrogens with one attached hydrogen (secondary N) is 4. The third-order valence-corrected chi connectivity index (χ3v) is 6.29. The summed E-state index contributed by atoms with van der Waals surface area (Å²) in [6.45, 7) is 3.06. The van der Waals surface area contributed by atoms with Crippen LogP contribution in [0.15, 0.2) is 47.9 Å². The molecule has 2 atom stereocenters. The maximum absolute atomic E-state index is 13.6. The Bertz CT molecular complexity index is 976. The van der Waals surface area contributed by atoms with Crippen molar-refractivity contribution in [2.75, 3.05) is 79.0 Å². The molecular formula is C26H36N6O8. The van der Waals surface area contributed by atoms with Crippen molar-refractivity contribution in [3.63, 3.8) is 0 Å². The second kappa shape index (κ2) is 15.2.